The number of ether oxygens (including phenoxy) is 1. The summed E-state index contributed by atoms with van der Waals surface area (Å²) >= 11 is 1.58. The normalized spacial score (nSPS) is 10.8. The third kappa shape index (κ3) is 5.29. The lowest BCUT2D eigenvalue weighted by atomic mass is 10.2. The highest BCUT2D eigenvalue weighted by Gasteiger charge is 2.02. The van der Waals surface area contributed by atoms with Crippen molar-refractivity contribution in [2.75, 3.05) is 0 Å². The van der Waals surface area contributed by atoms with Gasteiger partial charge in [-0.2, -0.15) is 0 Å². The molecule has 0 fully saturated rings. The van der Waals surface area contributed by atoms with Crippen molar-refractivity contribution < 1.29 is 13.9 Å². The summed E-state index contributed by atoms with van der Waals surface area (Å²) in [7, 11) is 0. The Labute approximate surface area is 155 Å². The van der Waals surface area contributed by atoms with Crippen molar-refractivity contribution in [1.29, 1.82) is 0 Å². The quantitative estimate of drug-likeness (QED) is 0.610. The number of nitrogens with one attached hydrogen (secondary N) is 1. The minimum atomic E-state index is -0.276. The summed E-state index contributed by atoms with van der Waals surface area (Å²) in [5.41, 5.74) is 1.47. The van der Waals surface area contributed by atoms with Gasteiger partial charge in [-0.05, 0) is 41.3 Å². The molecule has 1 aromatic heterocycles. The molecule has 0 unspecified atom stereocenters. The van der Waals surface area contributed by atoms with Gasteiger partial charge in [0.25, 0.3) is 0 Å². The molecule has 0 bridgehead atoms. The van der Waals surface area contributed by atoms with E-state index in [9.17, 15) is 9.18 Å². The molecule has 3 nitrogen and oxygen atoms in total. The van der Waals surface area contributed by atoms with Gasteiger partial charge in [-0.25, -0.2) is 4.39 Å². The Morgan fingerprint density at radius 2 is 1.88 bits per heavy atom. The summed E-state index contributed by atoms with van der Waals surface area (Å²) in [5, 5.41) is 4.80. The highest BCUT2D eigenvalue weighted by atomic mass is 32.1. The van der Waals surface area contributed by atoms with Crippen molar-refractivity contribution in [3.8, 4) is 5.75 Å². The summed E-state index contributed by atoms with van der Waals surface area (Å²) in [5.74, 6) is 0.238. The lowest BCUT2D eigenvalue weighted by Crippen LogP contribution is -2.20. The van der Waals surface area contributed by atoms with Gasteiger partial charge in [-0.3, -0.25) is 4.79 Å². The van der Waals surface area contributed by atoms with Crippen molar-refractivity contribution in [2.45, 2.75) is 13.2 Å². The molecule has 5 heteroatoms. The van der Waals surface area contributed by atoms with E-state index in [1.54, 1.807) is 35.6 Å². The maximum atomic E-state index is 13.6. The molecule has 3 aromatic rings. The number of rotatable bonds is 7. The van der Waals surface area contributed by atoms with E-state index in [1.807, 2.05) is 41.8 Å². The van der Waals surface area contributed by atoms with Crippen LogP contribution in [0, 0.1) is 5.82 Å². The fourth-order valence-electron chi connectivity index (χ4n) is 2.27. The van der Waals surface area contributed by atoms with Gasteiger partial charge in [0, 0.05) is 23.1 Å². The molecule has 0 aliphatic carbocycles. The van der Waals surface area contributed by atoms with Crippen molar-refractivity contribution in [3.63, 3.8) is 0 Å². The molecule has 2 aromatic carbocycles. The van der Waals surface area contributed by atoms with Crippen LogP contribution >= 0.6 is 11.3 Å². The van der Waals surface area contributed by atoms with E-state index >= 15 is 0 Å². The summed E-state index contributed by atoms with van der Waals surface area (Å²) < 4.78 is 19.2. The SMILES string of the molecule is O=C(C=Cc1cccs1)NCc1ccc(OCc2ccccc2F)cc1. The van der Waals surface area contributed by atoms with Crippen molar-refractivity contribution >= 4 is 23.3 Å². The lowest BCUT2D eigenvalue weighted by molar-refractivity contribution is -0.116. The molecule has 0 saturated carbocycles. The molecule has 0 aliphatic rings. The highest BCUT2D eigenvalue weighted by molar-refractivity contribution is 7.10. The third-order valence-corrected chi connectivity index (χ3v) is 4.52. The Balaban J connectivity index is 1.47. The lowest BCUT2D eigenvalue weighted by Gasteiger charge is -2.08. The molecule has 0 spiro atoms. The number of amides is 1. The van der Waals surface area contributed by atoms with Gasteiger partial charge in [-0.15, -0.1) is 11.3 Å². The molecule has 3 rings (SSSR count). The van der Waals surface area contributed by atoms with Crippen LogP contribution in [0.2, 0.25) is 0 Å². The predicted octanol–water partition coefficient (Wildman–Crippen LogP) is 4.80. The van der Waals surface area contributed by atoms with Crippen molar-refractivity contribution in [2.24, 2.45) is 0 Å². The largest absolute Gasteiger partial charge is 0.489 e. The fraction of sp³-hybridized carbons (Fsp3) is 0.0952. The standard InChI is InChI=1S/C21H18FNO2S/c22-20-6-2-1-4-17(20)15-25-18-9-7-16(8-10-18)14-23-21(24)12-11-19-5-3-13-26-19/h1-13H,14-15H2,(H,23,24). The highest BCUT2D eigenvalue weighted by Crippen LogP contribution is 2.15. The summed E-state index contributed by atoms with van der Waals surface area (Å²) in [4.78, 5) is 12.9. The molecule has 0 saturated heterocycles. The maximum Gasteiger partial charge on any atom is 0.244 e. The first-order valence-electron chi connectivity index (χ1n) is 8.15. The predicted molar refractivity (Wildman–Crippen MR) is 102 cm³/mol. The zero-order valence-corrected chi connectivity index (χ0v) is 14.8. The number of hydrogen-bond donors (Lipinski definition) is 1. The molecule has 1 heterocycles. The molecule has 0 atom stereocenters. The molecule has 1 amide bonds. The Hall–Kier alpha value is -2.92. The van der Waals surface area contributed by atoms with E-state index in [4.69, 9.17) is 4.74 Å². The third-order valence-electron chi connectivity index (χ3n) is 3.68. The van der Waals surface area contributed by atoms with Crippen LogP contribution in [0.1, 0.15) is 16.0 Å². The van der Waals surface area contributed by atoms with Gasteiger partial charge in [-0.1, -0.05) is 36.4 Å². The van der Waals surface area contributed by atoms with E-state index in [0.29, 0.717) is 17.9 Å². The number of thiophene rings is 1. The van der Waals surface area contributed by atoms with Crippen molar-refractivity contribution in [1.82, 2.24) is 5.32 Å². The number of benzene rings is 2. The van der Waals surface area contributed by atoms with Gasteiger partial charge in [0.05, 0.1) is 0 Å². The van der Waals surface area contributed by atoms with Crippen LogP contribution in [0.4, 0.5) is 4.39 Å². The van der Waals surface area contributed by atoms with Crippen LogP contribution in [0.3, 0.4) is 0 Å². The van der Waals surface area contributed by atoms with E-state index < -0.39 is 0 Å². The van der Waals surface area contributed by atoms with Gasteiger partial charge in [0.1, 0.15) is 18.2 Å². The Bertz CT molecular complexity index is 873. The second kappa shape index (κ2) is 8.97. The van der Waals surface area contributed by atoms with Crippen molar-refractivity contribution in [3.05, 3.63) is 93.9 Å². The Morgan fingerprint density at radius 3 is 2.62 bits per heavy atom. The van der Waals surface area contributed by atoms with Gasteiger partial charge in [0.15, 0.2) is 0 Å². The molecule has 132 valence electrons. The van der Waals surface area contributed by atoms with Crippen LogP contribution in [-0.2, 0) is 17.9 Å². The van der Waals surface area contributed by atoms with Crippen LogP contribution in [0.15, 0.2) is 72.1 Å². The molecular weight excluding hydrogens is 349 g/mol. The van der Waals surface area contributed by atoms with Gasteiger partial charge < -0.3 is 10.1 Å². The number of hydrogen-bond acceptors (Lipinski definition) is 3. The van der Waals surface area contributed by atoms with Crippen LogP contribution in [0.25, 0.3) is 6.08 Å². The minimum Gasteiger partial charge on any atom is -0.489 e. The Kier molecular flexibility index (Phi) is 6.17. The van der Waals surface area contributed by atoms with Crippen LogP contribution in [0.5, 0.6) is 5.75 Å². The first-order chi connectivity index (χ1) is 12.7. The van der Waals surface area contributed by atoms with E-state index in [0.717, 1.165) is 10.4 Å². The Morgan fingerprint density at radius 1 is 1.08 bits per heavy atom. The van der Waals surface area contributed by atoms with Crippen LogP contribution < -0.4 is 10.1 Å². The van der Waals surface area contributed by atoms with E-state index in [-0.39, 0.29) is 18.3 Å². The molecule has 0 radical (unpaired) electrons. The van der Waals surface area contributed by atoms with Gasteiger partial charge in [0.2, 0.25) is 5.91 Å². The fourth-order valence-corrected chi connectivity index (χ4v) is 2.89. The average Bonchev–Trinajstić information content (AvgIpc) is 3.18. The smallest absolute Gasteiger partial charge is 0.244 e. The second-order valence-corrected chi connectivity index (χ2v) is 6.57. The number of carbonyl (C=O) groups is 1. The summed E-state index contributed by atoms with van der Waals surface area (Å²) in [6.07, 6.45) is 3.32. The number of carbonyl (C=O) groups excluding carboxylic acids is 1. The second-order valence-electron chi connectivity index (χ2n) is 5.59. The van der Waals surface area contributed by atoms with Gasteiger partial charge >= 0.3 is 0 Å². The first-order valence-corrected chi connectivity index (χ1v) is 9.03. The zero-order chi connectivity index (χ0) is 18.2. The number of halogens is 1. The zero-order valence-electron chi connectivity index (χ0n) is 14.0. The molecule has 26 heavy (non-hydrogen) atoms. The summed E-state index contributed by atoms with van der Waals surface area (Å²) in [6.45, 7) is 0.609. The molecule has 0 aliphatic heterocycles. The minimum absolute atomic E-state index is 0.140. The van der Waals surface area contributed by atoms with E-state index in [1.165, 1.54) is 12.1 Å². The molecular formula is C21H18FNO2S. The summed E-state index contributed by atoms with van der Waals surface area (Å²) in [6, 6.07) is 17.8. The topological polar surface area (TPSA) is 38.3 Å². The van der Waals surface area contributed by atoms with Crippen LogP contribution in [-0.4, -0.2) is 5.91 Å². The maximum absolute atomic E-state index is 13.6. The monoisotopic (exact) mass is 367 g/mol. The first kappa shape index (κ1) is 17.9. The average molecular weight is 367 g/mol. The van der Waals surface area contributed by atoms with E-state index in [2.05, 4.69) is 5.32 Å². The molecule has 1 N–H and O–H groups in total.